The van der Waals surface area contributed by atoms with E-state index in [2.05, 4.69) is 20.9 Å². The van der Waals surface area contributed by atoms with Gasteiger partial charge in [0.05, 0.1) is 6.61 Å². The zero-order valence-corrected chi connectivity index (χ0v) is 24.3. The first-order valence-corrected chi connectivity index (χ1v) is 13.5. The van der Waals surface area contributed by atoms with Crippen molar-refractivity contribution >= 4 is 29.6 Å². The third kappa shape index (κ3) is 11.3. The highest BCUT2D eigenvalue weighted by Crippen LogP contribution is 2.20. The van der Waals surface area contributed by atoms with Crippen LogP contribution in [0, 0.1) is 12.3 Å². The highest BCUT2D eigenvalue weighted by atomic mass is 16.5. The van der Waals surface area contributed by atoms with Crippen LogP contribution in [-0.4, -0.2) is 59.3 Å². The third-order valence-corrected chi connectivity index (χ3v) is 6.22. The van der Waals surface area contributed by atoms with E-state index in [1.807, 2.05) is 31.2 Å². The van der Waals surface area contributed by atoms with E-state index in [0.29, 0.717) is 5.69 Å². The number of benzene rings is 1. The van der Waals surface area contributed by atoms with Gasteiger partial charge < -0.3 is 31.4 Å². The SMILES string of the molecule is CCOC(=O)C=C[C@H](CCC(N)=O)NC(=O)[C@H](Cc1ccc(C)cc1)NC(=O)[C@@H](NC(=O)c1ccc[nH]1)C(C)(C)C. The van der Waals surface area contributed by atoms with E-state index < -0.39 is 53.1 Å². The quantitative estimate of drug-likeness (QED) is 0.173. The maximum absolute atomic E-state index is 13.6. The van der Waals surface area contributed by atoms with Crippen LogP contribution >= 0.6 is 0 Å². The molecule has 4 amide bonds. The van der Waals surface area contributed by atoms with Crippen molar-refractivity contribution in [2.24, 2.45) is 11.1 Å². The Morgan fingerprint density at radius 3 is 2.24 bits per heavy atom. The van der Waals surface area contributed by atoms with E-state index in [0.717, 1.165) is 11.1 Å². The number of hydrogen-bond acceptors (Lipinski definition) is 6. The van der Waals surface area contributed by atoms with Crippen LogP contribution in [0.15, 0.2) is 54.7 Å². The van der Waals surface area contributed by atoms with Gasteiger partial charge in [0, 0.05) is 31.2 Å². The second-order valence-electron chi connectivity index (χ2n) is 10.8. The van der Waals surface area contributed by atoms with E-state index >= 15 is 0 Å². The van der Waals surface area contributed by atoms with E-state index in [4.69, 9.17) is 10.5 Å². The van der Waals surface area contributed by atoms with Crippen LogP contribution in [0.1, 0.15) is 62.2 Å². The molecule has 0 aliphatic heterocycles. The lowest BCUT2D eigenvalue weighted by molar-refractivity contribution is -0.137. The molecule has 0 saturated heterocycles. The number of nitrogens with two attached hydrogens (primary N) is 1. The van der Waals surface area contributed by atoms with Crippen LogP contribution in [0.4, 0.5) is 0 Å². The standard InChI is InChI=1S/C30H41N5O6/c1-6-41-25(37)16-14-21(13-15-24(31)36)33-28(39)23(18-20-11-9-19(2)10-12-20)34-29(40)26(30(3,4)5)35-27(38)22-8-7-17-32-22/h7-12,14,16-17,21,23,26,32H,6,13,15,18H2,1-5H3,(H2,31,36)(H,33,39)(H,34,40)(H,35,38)/t21-,23-,26+/m0/s1. The largest absolute Gasteiger partial charge is 0.463 e. The minimum absolute atomic E-state index is 0.0377. The summed E-state index contributed by atoms with van der Waals surface area (Å²) in [5.41, 5.74) is 6.75. The van der Waals surface area contributed by atoms with Gasteiger partial charge in [0.15, 0.2) is 0 Å². The van der Waals surface area contributed by atoms with Gasteiger partial charge in [-0.1, -0.05) is 56.7 Å². The van der Waals surface area contributed by atoms with E-state index in [9.17, 15) is 24.0 Å². The number of hydrogen-bond donors (Lipinski definition) is 5. The van der Waals surface area contributed by atoms with Crippen LogP contribution in [0.3, 0.4) is 0 Å². The van der Waals surface area contributed by atoms with E-state index in [-0.39, 0.29) is 25.9 Å². The first-order chi connectivity index (χ1) is 19.3. The highest BCUT2D eigenvalue weighted by molar-refractivity contribution is 5.97. The number of H-pyrrole nitrogens is 1. The minimum Gasteiger partial charge on any atom is -0.463 e. The average molecular weight is 568 g/mol. The summed E-state index contributed by atoms with van der Waals surface area (Å²) in [4.78, 5) is 66.0. The maximum Gasteiger partial charge on any atom is 0.330 e. The second kappa shape index (κ2) is 15.4. The van der Waals surface area contributed by atoms with Crippen LogP contribution in [0.2, 0.25) is 0 Å². The molecule has 1 aromatic carbocycles. The van der Waals surface area contributed by atoms with Crippen LogP contribution in [0.5, 0.6) is 0 Å². The number of carbonyl (C=O) groups excluding carboxylic acids is 5. The van der Waals surface area contributed by atoms with Crippen molar-refractivity contribution in [2.45, 2.75) is 72.0 Å². The van der Waals surface area contributed by atoms with Crippen molar-refractivity contribution in [1.82, 2.24) is 20.9 Å². The number of aryl methyl sites for hydroxylation is 1. The summed E-state index contributed by atoms with van der Waals surface area (Å²) in [5, 5.41) is 8.37. The summed E-state index contributed by atoms with van der Waals surface area (Å²) >= 11 is 0. The summed E-state index contributed by atoms with van der Waals surface area (Å²) in [7, 11) is 0. The number of esters is 1. The topological polar surface area (TPSA) is 172 Å². The Morgan fingerprint density at radius 1 is 1.00 bits per heavy atom. The average Bonchev–Trinajstić information content (AvgIpc) is 3.44. The summed E-state index contributed by atoms with van der Waals surface area (Å²) in [5.74, 6) is -2.70. The molecule has 0 aliphatic carbocycles. The molecule has 11 heteroatoms. The Bertz CT molecular complexity index is 1210. The molecule has 0 spiro atoms. The first-order valence-electron chi connectivity index (χ1n) is 13.5. The van der Waals surface area contributed by atoms with Gasteiger partial charge in [-0.2, -0.15) is 0 Å². The molecular weight excluding hydrogens is 526 g/mol. The third-order valence-electron chi connectivity index (χ3n) is 6.22. The van der Waals surface area contributed by atoms with Crippen molar-refractivity contribution in [1.29, 1.82) is 0 Å². The number of aromatic nitrogens is 1. The molecule has 11 nitrogen and oxygen atoms in total. The molecular formula is C30H41N5O6. The number of primary amides is 1. The van der Waals surface area contributed by atoms with Gasteiger partial charge >= 0.3 is 5.97 Å². The summed E-state index contributed by atoms with van der Waals surface area (Å²) < 4.78 is 4.90. The van der Waals surface area contributed by atoms with Gasteiger partial charge in [0.1, 0.15) is 17.8 Å². The Hall–Kier alpha value is -4.41. The molecule has 0 fully saturated rings. The van der Waals surface area contributed by atoms with Crippen LogP contribution in [0.25, 0.3) is 0 Å². The number of amides is 4. The fourth-order valence-corrected chi connectivity index (χ4v) is 3.96. The molecule has 6 N–H and O–H groups in total. The molecule has 2 rings (SSSR count). The molecule has 222 valence electrons. The molecule has 2 aromatic rings. The Labute approximate surface area is 240 Å². The summed E-state index contributed by atoms with van der Waals surface area (Å²) in [6.45, 7) is 9.21. The molecule has 0 unspecified atom stereocenters. The van der Waals surface area contributed by atoms with Crippen molar-refractivity contribution in [2.75, 3.05) is 6.61 Å². The Kier molecular flexibility index (Phi) is 12.3. The lowest BCUT2D eigenvalue weighted by atomic mass is 9.85. The van der Waals surface area contributed by atoms with Gasteiger partial charge in [-0.3, -0.25) is 19.2 Å². The van der Waals surface area contributed by atoms with Crippen LogP contribution in [-0.2, 0) is 30.3 Å². The van der Waals surface area contributed by atoms with Crippen molar-refractivity contribution in [3.8, 4) is 0 Å². The zero-order valence-electron chi connectivity index (χ0n) is 24.3. The monoisotopic (exact) mass is 567 g/mol. The zero-order chi connectivity index (χ0) is 30.6. The Balaban J connectivity index is 2.31. The molecule has 1 heterocycles. The number of aromatic amines is 1. The van der Waals surface area contributed by atoms with E-state index in [1.54, 1.807) is 46.0 Å². The molecule has 1 aromatic heterocycles. The maximum atomic E-state index is 13.6. The molecule has 0 aliphatic rings. The summed E-state index contributed by atoms with van der Waals surface area (Å²) in [6.07, 6.45) is 4.47. The first kappa shape index (κ1) is 32.8. The smallest absolute Gasteiger partial charge is 0.330 e. The van der Waals surface area contributed by atoms with Gasteiger partial charge in [-0.25, -0.2) is 4.79 Å². The van der Waals surface area contributed by atoms with Crippen molar-refractivity contribution in [3.63, 3.8) is 0 Å². The molecule has 0 radical (unpaired) electrons. The molecule has 0 saturated carbocycles. The normalized spacial score (nSPS) is 13.6. The van der Waals surface area contributed by atoms with Crippen molar-refractivity contribution in [3.05, 3.63) is 71.6 Å². The number of carbonyl (C=O) groups is 5. The predicted octanol–water partition coefficient (Wildman–Crippen LogP) is 2.06. The van der Waals surface area contributed by atoms with E-state index in [1.165, 1.54) is 12.2 Å². The molecule has 3 atom stereocenters. The van der Waals surface area contributed by atoms with Gasteiger partial charge in [-0.05, 0) is 43.4 Å². The molecule has 41 heavy (non-hydrogen) atoms. The lowest BCUT2D eigenvalue weighted by Gasteiger charge is -2.32. The van der Waals surface area contributed by atoms with Gasteiger partial charge in [-0.15, -0.1) is 0 Å². The molecule has 0 bridgehead atoms. The number of nitrogens with one attached hydrogen (secondary N) is 4. The van der Waals surface area contributed by atoms with Gasteiger partial charge in [0.25, 0.3) is 5.91 Å². The second-order valence-corrected chi connectivity index (χ2v) is 10.8. The predicted molar refractivity (Wildman–Crippen MR) is 154 cm³/mol. The Morgan fingerprint density at radius 2 is 1.68 bits per heavy atom. The fraction of sp³-hybridized carbons (Fsp3) is 0.433. The van der Waals surface area contributed by atoms with Crippen molar-refractivity contribution < 1.29 is 28.7 Å². The minimum atomic E-state index is -1.04. The number of ether oxygens (including phenoxy) is 1. The van der Waals surface area contributed by atoms with Crippen LogP contribution < -0.4 is 21.7 Å². The fourth-order valence-electron chi connectivity index (χ4n) is 3.96. The van der Waals surface area contributed by atoms with Gasteiger partial charge in [0.2, 0.25) is 17.7 Å². The highest BCUT2D eigenvalue weighted by Gasteiger charge is 2.35. The lowest BCUT2D eigenvalue weighted by Crippen LogP contribution is -2.58. The summed E-state index contributed by atoms with van der Waals surface area (Å²) in [6, 6.07) is 8.05. The number of rotatable bonds is 14.